The van der Waals surface area contributed by atoms with Gasteiger partial charge in [-0.1, -0.05) is 113 Å². The Labute approximate surface area is 349 Å². The second-order valence-electron chi connectivity index (χ2n) is 16.5. The zero-order chi connectivity index (χ0) is 40.5. The molecule has 4 nitrogen and oxygen atoms in total. The number of hydrogen-bond acceptors (Lipinski definition) is 4. The highest BCUT2D eigenvalue weighted by molar-refractivity contribution is 6.27. The predicted octanol–water partition coefficient (Wildman–Crippen LogP) is 17.0. The highest BCUT2D eigenvalue weighted by atomic mass is 16.3. The van der Waals surface area contributed by atoms with Gasteiger partial charge < -0.3 is 18.6 Å². The van der Waals surface area contributed by atoms with Crippen molar-refractivity contribution >= 4 is 99.5 Å². The Morgan fingerprint density at radius 3 is 1.15 bits per heavy atom. The molecule has 0 saturated heterocycles. The molecule has 0 bridgehead atoms. The van der Waals surface area contributed by atoms with Gasteiger partial charge >= 0.3 is 0 Å². The lowest BCUT2D eigenvalue weighted by molar-refractivity contribution is 0.663. The van der Waals surface area contributed by atoms with E-state index >= 15 is 0 Å². The van der Waals surface area contributed by atoms with E-state index in [1.54, 1.807) is 0 Å². The van der Waals surface area contributed by atoms with Crippen LogP contribution in [0.2, 0.25) is 0 Å². The van der Waals surface area contributed by atoms with E-state index in [-0.39, 0.29) is 0 Å². The zero-order valence-corrected chi connectivity index (χ0v) is 34.2. The largest absolute Gasteiger partial charge is 0.456 e. The van der Waals surface area contributed by atoms with Crippen molar-refractivity contribution in [2.45, 2.75) is 39.5 Å². The molecule has 0 atom stereocenters. The summed E-state index contributed by atoms with van der Waals surface area (Å²) in [5, 5.41) is 8.90. The lowest BCUT2D eigenvalue weighted by atomic mass is 9.98. The van der Waals surface area contributed by atoms with Gasteiger partial charge in [0.25, 0.3) is 0 Å². The third-order valence-electron chi connectivity index (χ3n) is 12.1. The maximum Gasteiger partial charge on any atom is 0.136 e. The van der Waals surface area contributed by atoms with Crippen molar-refractivity contribution in [3.8, 4) is 0 Å². The lowest BCUT2D eigenvalue weighted by Crippen LogP contribution is -2.12. The van der Waals surface area contributed by atoms with Gasteiger partial charge in [-0.3, -0.25) is 0 Å². The fraction of sp³-hybridized carbons (Fsp3) is 0.107. The molecule has 0 aliphatic rings. The summed E-state index contributed by atoms with van der Waals surface area (Å²) in [5.41, 5.74) is 12.9. The second kappa shape index (κ2) is 14.2. The molecule has 11 rings (SSSR count). The number of fused-ring (bicyclic) bond motifs is 9. The molecule has 0 radical (unpaired) electrons. The van der Waals surface area contributed by atoms with Crippen LogP contribution in [0.5, 0.6) is 0 Å². The van der Waals surface area contributed by atoms with Crippen LogP contribution >= 0.6 is 0 Å². The summed E-state index contributed by atoms with van der Waals surface area (Å²) in [5.74, 6) is 0.745. The molecule has 4 heteroatoms. The molecule has 290 valence electrons. The van der Waals surface area contributed by atoms with Crippen LogP contribution in [0.3, 0.4) is 0 Å². The van der Waals surface area contributed by atoms with Crippen LogP contribution in [0.25, 0.3) is 65.4 Å². The normalized spacial score (nSPS) is 12.0. The minimum atomic E-state index is 0.372. The number of benzene rings is 9. The molecule has 9 aromatic carbocycles. The Kier molecular flexibility index (Phi) is 8.49. The first-order chi connectivity index (χ1) is 29.4. The maximum absolute atomic E-state index is 6.69. The Morgan fingerprint density at radius 1 is 0.333 bits per heavy atom. The minimum Gasteiger partial charge on any atom is -0.456 e. The fourth-order valence-electron chi connectivity index (χ4n) is 9.24. The van der Waals surface area contributed by atoms with E-state index in [1.165, 1.54) is 22.5 Å². The van der Waals surface area contributed by atoms with Crippen molar-refractivity contribution in [2.75, 3.05) is 9.80 Å². The highest BCUT2D eigenvalue weighted by Gasteiger charge is 2.22. The average molecular weight is 777 g/mol. The van der Waals surface area contributed by atoms with E-state index in [2.05, 4.69) is 219 Å². The first-order valence-corrected chi connectivity index (χ1v) is 21.0. The van der Waals surface area contributed by atoms with E-state index in [9.17, 15) is 0 Å². The third-order valence-corrected chi connectivity index (χ3v) is 12.1. The van der Waals surface area contributed by atoms with Gasteiger partial charge in [0, 0.05) is 55.7 Å². The quantitative estimate of drug-likeness (QED) is 0.154. The SMILES string of the molecule is CC(C)c1ccccc1N(c1ccccc1)c1ccc2cc3c(cc2c1)oc1ccc2oc4cc5cc(N(c6ccccc6)c6ccccc6C(C)C)ccc5cc4c2c13. The van der Waals surface area contributed by atoms with Crippen LogP contribution in [0, 0.1) is 0 Å². The third kappa shape index (κ3) is 5.90. The summed E-state index contributed by atoms with van der Waals surface area (Å²) in [6, 6.07) is 65.4. The summed E-state index contributed by atoms with van der Waals surface area (Å²) in [6.07, 6.45) is 0. The van der Waals surface area contributed by atoms with Crippen LogP contribution < -0.4 is 9.80 Å². The van der Waals surface area contributed by atoms with Gasteiger partial charge in [0.15, 0.2) is 0 Å². The van der Waals surface area contributed by atoms with Crippen molar-refractivity contribution in [1.29, 1.82) is 0 Å². The molecule has 2 heterocycles. The molecule has 0 aliphatic heterocycles. The summed E-state index contributed by atoms with van der Waals surface area (Å²) >= 11 is 0. The summed E-state index contributed by atoms with van der Waals surface area (Å²) in [4.78, 5) is 4.74. The molecule has 60 heavy (non-hydrogen) atoms. The Balaban J connectivity index is 1.05. The number of para-hydroxylation sites is 4. The number of anilines is 6. The highest BCUT2D eigenvalue weighted by Crippen LogP contribution is 2.45. The molecule has 0 aliphatic carbocycles. The molecule has 0 fully saturated rings. The average Bonchev–Trinajstić information content (AvgIpc) is 3.82. The van der Waals surface area contributed by atoms with Gasteiger partial charge in [-0.15, -0.1) is 0 Å². The van der Waals surface area contributed by atoms with E-state index in [0.717, 1.165) is 88.2 Å². The molecule has 11 aromatic rings. The predicted molar refractivity (Wildman–Crippen MR) is 254 cm³/mol. The second-order valence-corrected chi connectivity index (χ2v) is 16.5. The van der Waals surface area contributed by atoms with Crippen molar-refractivity contribution in [2.24, 2.45) is 0 Å². The number of rotatable bonds is 8. The van der Waals surface area contributed by atoms with Crippen molar-refractivity contribution in [3.05, 3.63) is 193 Å². The maximum atomic E-state index is 6.69. The summed E-state index contributed by atoms with van der Waals surface area (Å²) < 4.78 is 13.4. The number of hydrogen-bond donors (Lipinski definition) is 0. The summed E-state index contributed by atoms with van der Waals surface area (Å²) in [6.45, 7) is 9.03. The van der Waals surface area contributed by atoms with E-state index in [4.69, 9.17) is 8.83 Å². The minimum absolute atomic E-state index is 0.372. The standard InChI is InChI=1S/C56H44N2O2/c1-35(2)45-19-11-13-21-49(45)57(41-15-7-5-8-16-41)43-25-23-37-31-47-53(33-39(37)29-43)59-51-27-28-52-56(55(47)51)48-32-38-24-26-44(30-40(38)34-54(48)60-52)58(42-17-9-6-10-18-42)50-22-14-12-20-46(50)36(3)4/h5-36H,1-4H3. The first-order valence-electron chi connectivity index (χ1n) is 21.0. The van der Waals surface area contributed by atoms with E-state index < -0.39 is 0 Å². The Morgan fingerprint density at radius 2 is 0.733 bits per heavy atom. The molecule has 0 amide bonds. The van der Waals surface area contributed by atoms with Crippen molar-refractivity contribution in [1.82, 2.24) is 0 Å². The van der Waals surface area contributed by atoms with Crippen molar-refractivity contribution < 1.29 is 8.83 Å². The lowest BCUT2D eigenvalue weighted by Gasteiger charge is -2.29. The Hall–Kier alpha value is -7.30. The van der Waals surface area contributed by atoms with Crippen LogP contribution in [-0.2, 0) is 0 Å². The van der Waals surface area contributed by atoms with Crippen molar-refractivity contribution in [3.63, 3.8) is 0 Å². The monoisotopic (exact) mass is 776 g/mol. The molecule has 0 unspecified atom stereocenters. The summed E-state index contributed by atoms with van der Waals surface area (Å²) in [7, 11) is 0. The van der Waals surface area contributed by atoms with Gasteiger partial charge in [0.1, 0.15) is 22.3 Å². The van der Waals surface area contributed by atoms with Crippen LogP contribution in [-0.4, -0.2) is 0 Å². The van der Waals surface area contributed by atoms with Gasteiger partial charge in [-0.2, -0.15) is 0 Å². The number of nitrogens with zero attached hydrogens (tertiary/aromatic N) is 2. The molecule has 0 saturated carbocycles. The first kappa shape index (κ1) is 35.8. The van der Waals surface area contributed by atoms with E-state index in [1.807, 2.05) is 0 Å². The molecule has 0 N–H and O–H groups in total. The van der Waals surface area contributed by atoms with Crippen LogP contribution in [0.1, 0.15) is 50.7 Å². The number of furan rings is 2. The van der Waals surface area contributed by atoms with Crippen LogP contribution in [0.4, 0.5) is 34.1 Å². The molecular formula is C56H44N2O2. The van der Waals surface area contributed by atoms with Crippen LogP contribution in [0.15, 0.2) is 191 Å². The topological polar surface area (TPSA) is 32.8 Å². The molecular weight excluding hydrogens is 733 g/mol. The fourth-order valence-corrected chi connectivity index (χ4v) is 9.24. The van der Waals surface area contributed by atoms with Gasteiger partial charge in [0.2, 0.25) is 0 Å². The van der Waals surface area contributed by atoms with E-state index in [0.29, 0.717) is 11.8 Å². The van der Waals surface area contributed by atoms with Gasteiger partial charge in [-0.25, -0.2) is 0 Å². The molecule has 2 aromatic heterocycles. The smallest absolute Gasteiger partial charge is 0.136 e. The van der Waals surface area contributed by atoms with Gasteiger partial charge in [0.05, 0.1) is 0 Å². The zero-order valence-electron chi connectivity index (χ0n) is 34.2. The van der Waals surface area contributed by atoms with Gasteiger partial charge in [-0.05, 0) is 142 Å². The Bertz CT molecular complexity index is 3170. The molecule has 0 spiro atoms.